The van der Waals surface area contributed by atoms with Gasteiger partial charge in [-0.05, 0) is 29.3 Å². The van der Waals surface area contributed by atoms with Crippen LogP contribution in [0, 0.1) is 11.3 Å². The average molecular weight is 494 g/mol. The molecule has 0 aliphatic carbocycles. The van der Waals surface area contributed by atoms with Crippen molar-refractivity contribution in [2.75, 3.05) is 22.9 Å². The molecule has 2 aromatic heterocycles. The van der Waals surface area contributed by atoms with Crippen LogP contribution in [0.1, 0.15) is 17.2 Å². The normalized spacial score (nSPS) is 12.2. The number of aromatic nitrogens is 2. The van der Waals surface area contributed by atoms with E-state index in [1.165, 1.54) is 12.4 Å². The lowest BCUT2D eigenvalue weighted by molar-refractivity contribution is 0.276. The number of pyridine rings is 2. The molecule has 0 saturated heterocycles. The van der Waals surface area contributed by atoms with Crippen molar-refractivity contribution in [1.29, 1.82) is 5.26 Å². The Labute approximate surface area is 201 Å². The molecule has 34 heavy (non-hydrogen) atoms. The minimum atomic E-state index is -3.55. The molecule has 0 amide bonds. The maximum Gasteiger partial charge on any atom is 0.229 e. The van der Waals surface area contributed by atoms with E-state index in [0.717, 1.165) is 11.8 Å². The van der Waals surface area contributed by atoms with Crippen molar-refractivity contribution in [3.8, 4) is 17.2 Å². The summed E-state index contributed by atoms with van der Waals surface area (Å²) in [6, 6.07) is 18.2. The molecule has 0 spiro atoms. The number of rotatable bonds is 7. The summed E-state index contributed by atoms with van der Waals surface area (Å²) in [5.41, 5.74) is 3.87. The van der Waals surface area contributed by atoms with Gasteiger partial charge in [0.1, 0.15) is 6.07 Å². The molecule has 0 saturated carbocycles. The van der Waals surface area contributed by atoms with E-state index in [9.17, 15) is 18.8 Å². The Balaban J connectivity index is 1.82. The van der Waals surface area contributed by atoms with Crippen molar-refractivity contribution in [3.05, 3.63) is 83.3 Å². The first-order valence-electron chi connectivity index (χ1n) is 10.2. The summed E-state index contributed by atoms with van der Waals surface area (Å²) in [6.07, 6.45) is 4.05. The molecule has 2 aromatic carbocycles. The molecule has 172 valence electrons. The number of nitrogens with zero attached hydrogens (tertiary/aromatic N) is 3. The van der Waals surface area contributed by atoms with E-state index in [-0.39, 0.29) is 17.4 Å². The van der Waals surface area contributed by atoms with Gasteiger partial charge >= 0.3 is 0 Å². The first-order valence-corrected chi connectivity index (χ1v) is 12.4. The van der Waals surface area contributed by atoms with Crippen LogP contribution in [-0.4, -0.2) is 36.4 Å². The molecule has 1 atom stereocenters. The summed E-state index contributed by atoms with van der Waals surface area (Å²) >= 11 is 6.06. The van der Waals surface area contributed by atoms with E-state index in [4.69, 9.17) is 11.6 Å². The van der Waals surface area contributed by atoms with Gasteiger partial charge in [0.15, 0.2) is 5.15 Å². The smallest absolute Gasteiger partial charge is 0.229 e. The number of halogens is 1. The fourth-order valence-corrected chi connectivity index (χ4v) is 4.35. The summed E-state index contributed by atoms with van der Waals surface area (Å²) in [7, 11) is -3.55. The van der Waals surface area contributed by atoms with Gasteiger partial charge in [-0.1, -0.05) is 48.0 Å². The van der Waals surface area contributed by atoms with Crippen LogP contribution in [-0.2, 0) is 10.0 Å². The molecule has 3 N–H and O–H groups in total. The highest BCUT2D eigenvalue weighted by atomic mass is 35.5. The number of sulfonamides is 1. The maximum atomic E-state index is 11.7. The third kappa shape index (κ3) is 5.10. The number of nitriles is 1. The lowest BCUT2D eigenvalue weighted by atomic mass is 10.0. The number of fused-ring (bicyclic) bond motifs is 1. The molecule has 0 aliphatic rings. The molecular weight excluding hydrogens is 474 g/mol. The zero-order valence-electron chi connectivity index (χ0n) is 18.0. The Bertz CT molecular complexity index is 1500. The fraction of sp³-hybridized carbons (Fsp3) is 0.125. The molecule has 0 aliphatic heterocycles. The SMILES string of the molecule is CS(=O)(=O)Nc1cc(-c2ccc3ncc(C#N)c(N[C@@H](CO)c4ccccc4)c3c2)cnc1Cl. The number of hydrogen-bond donors (Lipinski definition) is 3. The van der Waals surface area contributed by atoms with Gasteiger partial charge in [0, 0.05) is 23.3 Å². The van der Waals surface area contributed by atoms with Crippen LogP contribution in [0.3, 0.4) is 0 Å². The highest BCUT2D eigenvalue weighted by molar-refractivity contribution is 7.92. The van der Waals surface area contributed by atoms with Crippen molar-refractivity contribution in [2.24, 2.45) is 0 Å². The van der Waals surface area contributed by atoms with Gasteiger partial charge < -0.3 is 10.4 Å². The number of nitrogens with one attached hydrogen (secondary N) is 2. The molecule has 10 heteroatoms. The molecule has 0 bridgehead atoms. The van der Waals surface area contributed by atoms with Gasteiger partial charge in [0.25, 0.3) is 0 Å². The van der Waals surface area contributed by atoms with E-state index in [2.05, 4.69) is 26.1 Å². The molecule has 4 aromatic rings. The highest BCUT2D eigenvalue weighted by Crippen LogP contribution is 2.34. The average Bonchev–Trinajstić information content (AvgIpc) is 2.83. The van der Waals surface area contributed by atoms with Crippen molar-refractivity contribution < 1.29 is 13.5 Å². The Kier molecular flexibility index (Phi) is 6.65. The lowest BCUT2D eigenvalue weighted by Gasteiger charge is -2.20. The van der Waals surface area contributed by atoms with Gasteiger partial charge in [-0.25, -0.2) is 13.4 Å². The van der Waals surface area contributed by atoms with Crippen molar-refractivity contribution in [3.63, 3.8) is 0 Å². The first-order chi connectivity index (χ1) is 16.3. The molecule has 0 radical (unpaired) electrons. The maximum absolute atomic E-state index is 11.7. The summed E-state index contributed by atoms with van der Waals surface area (Å²) in [5.74, 6) is 0. The zero-order chi connectivity index (χ0) is 24.3. The van der Waals surface area contributed by atoms with Crippen LogP contribution in [0.4, 0.5) is 11.4 Å². The monoisotopic (exact) mass is 493 g/mol. The standard InChI is InChI=1S/C24H20ClN5O3S/c1-34(32,33)30-21-10-17(12-28-24(21)25)16-7-8-20-19(9-16)23(18(11-26)13-27-20)29-22(14-31)15-5-3-2-4-6-15/h2-10,12-13,22,30-31H,14H2,1H3,(H,27,29)/t22-/m0/s1. The van der Waals surface area contributed by atoms with Crippen LogP contribution >= 0.6 is 11.6 Å². The number of benzene rings is 2. The molecule has 4 rings (SSSR count). The van der Waals surface area contributed by atoms with Crippen molar-refractivity contribution in [1.82, 2.24) is 9.97 Å². The van der Waals surface area contributed by atoms with E-state index in [1.807, 2.05) is 42.5 Å². The van der Waals surface area contributed by atoms with Gasteiger partial charge in [-0.2, -0.15) is 5.26 Å². The Hall–Kier alpha value is -3.71. The van der Waals surface area contributed by atoms with Gasteiger partial charge in [0.05, 0.1) is 41.4 Å². The summed E-state index contributed by atoms with van der Waals surface area (Å²) in [5, 5.41) is 23.7. The molecule has 0 unspecified atom stereocenters. The first kappa shape index (κ1) is 23.4. The summed E-state index contributed by atoms with van der Waals surface area (Å²) < 4.78 is 25.7. The second kappa shape index (κ2) is 9.65. The van der Waals surface area contributed by atoms with Crippen LogP contribution in [0.2, 0.25) is 5.15 Å². The van der Waals surface area contributed by atoms with Crippen LogP contribution in [0.25, 0.3) is 22.0 Å². The fourth-order valence-electron chi connectivity index (χ4n) is 3.58. The third-order valence-electron chi connectivity index (χ3n) is 5.16. The van der Waals surface area contributed by atoms with E-state index in [0.29, 0.717) is 33.3 Å². The number of aliphatic hydroxyl groups excluding tert-OH is 1. The Morgan fingerprint density at radius 1 is 1.09 bits per heavy atom. The van der Waals surface area contributed by atoms with Gasteiger partial charge in [-0.15, -0.1) is 0 Å². The van der Waals surface area contributed by atoms with Crippen LogP contribution in [0.15, 0.2) is 67.0 Å². The Morgan fingerprint density at radius 3 is 2.53 bits per heavy atom. The predicted octanol–water partition coefficient (Wildman–Crippen LogP) is 4.34. The largest absolute Gasteiger partial charge is 0.394 e. The van der Waals surface area contributed by atoms with Crippen molar-refractivity contribution in [2.45, 2.75) is 6.04 Å². The zero-order valence-corrected chi connectivity index (χ0v) is 19.6. The Morgan fingerprint density at radius 2 is 1.85 bits per heavy atom. The van der Waals surface area contributed by atoms with E-state index >= 15 is 0 Å². The number of hydrogen-bond acceptors (Lipinski definition) is 7. The second-order valence-electron chi connectivity index (χ2n) is 7.62. The quantitative estimate of drug-likeness (QED) is 0.327. The predicted molar refractivity (Wildman–Crippen MR) is 133 cm³/mol. The van der Waals surface area contributed by atoms with Crippen LogP contribution < -0.4 is 10.0 Å². The molecular formula is C24H20ClN5O3S. The molecule has 2 heterocycles. The van der Waals surface area contributed by atoms with Crippen LogP contribution in [0.5, 0.6) is 0 Å². The van der Waals surface area contributed by atoms with Crippen molar-refractivity contribution >= 4 is 43.9 Å². The topological polar surface area (TPSA) is 128 Å². The highest BCUT2D eigenvalue weighted by Gasteiger charge is 2.17. The summed E-state index contributed by atoms with van der Waals surface area (Å²) in [4.78, 5) is 8.48. The molecule has 0 fully saturated rings. The van der Waals surface area contributed by atoms with E-state index in [1.54, 1.807) is 12.1 Å². The minimum absolute atomic E-state index is 0.0272. The van der Waals surface area contributed by atoms with Gasteiger partial charge in [-0.3, -0.25) is 9.71 Å². The lowest BCUT2D eigenvalue weighted by Crippen LogP contribution is -2.16. The minimum Gasteiger partial charge on any atom is -0.394 e. The summed E-state index contributed by atoms with van der Waals surface area (Å²) in [6.45, 7) is -0.181. The van der Waals surface area contributed by atoms with E-state index < -0.39 is 16.1 Å². The second-order valence-corrected chi connectivity index (χ2v) is 9.72. The number of anilines is 2. The third-order valence-corrected chi connectivity index (χ3v) is 6.05. The number of aliphatic hydroxyl groups is 1. The van der Waals surface area contributed by atoms with Gasteiger partial charge in [0.2, 0.25) is 10.0 Å². The molecule has 8 nitrogen and oxygen atoms in total.